The molecule has 3 rings (SSSR count). The number of nitrogens with zero attached hydrogens (tertiary/aromatic N) is 2. The van der Waals surface area contributed by atoms with E-state index in [1.165, 1.54) is 10.5 Å². The second-order valence-corrected chi connectivity index (χ2v) is 7.91. The third-order valence-electron chi connectivity index (χ3n) is 5.21. The van der Waals surface area contributed by atoms with E-state index < -0.39 is 6.04 Å². The first kappa shape index (κ1) is 22.0. The summed E-state index contributed by atoms with van der Waals surface area (Å²) >= 11 is 6.07. The lowest BCUT2D eigenvalue weighted by Gasteiger charge is -2.22. The zero-order valence-electron chi connectivity index (χ0n) is 17.2. The highest BCUT2D eigenvalue weighted by molar-refractivity contribution is 6.33. The van der Waals surface area contributed by atoms with Gasteiger partial charge in [0.25, 0.3) is 5.91 Å². The average Bonchev–Trinajstić information content (AvgIpc) is 3.03. The number of carbonyl (C=O) groups is 3. The maximum Gasteiger partial charge on any atom is 0.251 e. The highest BCUT2D eigenvalue weighted by atomic mass is 35.5. The summed E-state index contributed by atoms with van der Waals surface area (Å²) in [7, 11) is 1.67. The second-order valence-electron chi connectivity index (χ2n) is 7.50. The highest BCUT2D eigenvalue weighted by Gasteiger charge is 2.42. The first-order valence-electron chi connectivity index (χ1n) is 10.1. The van der Waals surface area contributed by atoms with Crippen LogP contribution in [0.1, 0.15) is 31.7 Å². The quantitative estimate of drug-likeness (QED) is 0.649. The monoisotopic (exact) mass is 427 g/mol. The smallest absolute Gasteiger partial charge is 0.251 e. The van der Waals surface area contributed by atoms with Gasteiger partial charge in [-0.3, -0.25) is 19.3 Å². The number of amides is 3. The van der Waals surface area contributed by atoms with Crippen LogP contribution in [-0.2, 0) is 20.8 Å². The van der Waals surface area contributed by atoms with Crippen molar-refractivity contribution in [2.24, 2.45) is 0 Å². The number of anilines is 2. The van der Waals surface area contributed by atoms with Gasteiger partial charge in [0.1, 0.15) is 0 Å². The predicted octanol–water partition coefficient (Wildman–Crippen LogP) is 3.89. The number of unbranched alkanes of at least 4 members (excludes halogenated alkanes) is 1. The topological polar surface area (TPSA) is 69.7 Å². The zero-order valence-corrected chi connectivity index (χ0v) is 18.0. The van der Waals surface area contributed by atoms with Crippen molar-refractivity contribution < 1.29 is 14.4 Å². The minimum Gasteiger partial charge on any atom is -0.324 e. The fourth-order valence-corrected chi connectivity index (χ4v) is 3.70. The van der Waals surface area contributed by atoms with Gasteiger partial charge in [0, 0.05) is 0 Å². The fourth-order valence-electron chi connectivity index (χ4n) is 3.51. The van der Waals surface area contributed by atoms with Crippen LogP contribution in [0.5, 0.6) is 0 Å². The van der Waals surface area contributed by atoms with Crippen LogP contribution >= 0.6 is 11.6 Å². The SMILES string of the molecule is CCCCc1ccc(N2C(=O)CC(N(C)CC(=O)Nc3ccccc3Cl)C2=O)cc1. The van der Waals surface area contributed by atoms with Crippen LogP contribution in [-0.4, -0.2) is 42.3 Å². The molecule has 1 aliphatic heterocycles. The van der Waals surface area contributed by atoms with Gasteiger partial charge in [-0.05, 0) is 49.7 Å². The average molecular weight is 428 g/mol. The lowest BCUT2D eigenvalue weighted by Crippen LogP contribution is -2.43. The summed E-state index contributed by atoms with van der Waals surface area (Å²) in [6, 6.07) is 13.8. The molecule has 0 bridgehead atoms. The number of imide groups is 1. The maximum atomic E-state index is 12.9. The molecular formula is C23H26ClN3O3. The Hall–Kier alpha value is -2.70. The summed E-state index contributed by atoms with van der Waals surface area (Å²) in [5, 5.41) is 3.17. The Labute approximate surface area is 181 Å². The molecule has 1 aliphatic rings. The van der Waals surface area contributed by atoms with E-state index >= 15 is 0 Å². The summed E-state index contributed by atoms with van der Waals surface area (Å²) in [5.41, 5.74) is 2.27. The minimum atomic E-state index is -0.672. The van der Waals surface area contributed by atoms with Crippen LogP contribution in [0, 0.1) is 0 Å². The van der Waals surface area contributed by atoms with Gasteiger partial charge in [-0.15, -0.1) is 0 Å². The molecule has 1 unspecified atom stereocenters. The number of carbonyl (C=O) groups excluding carboxylic acids is 3. The van der Waals surface area contributed by atoms with Crippen LogP contribution in [0.4, 0.5) is 11.4 Å². The van der Waals surface area contributed by atoms with Gasteiger partial charge in [0.05, 0.1) is 35.4 Å². The van der Waals surface area contributed by atoms with E-state index in [1.807, 2.05) is 24.3 Å². The summed E-state index contributed by atoms with van der Waals surface area (Å²) in [6.07, 6.45) is 3.24. The maximum absolute atomic E-state index is 12.9. The van der Waals surface area contributed by atoms with Crippen molar-refractivity contribution in [2.75, 3.05) is 23.8 Å². The van der Waals surface area contributed by atoms with Gasteiger partial charge >= 0.3 is 0 Å². The fraction of sp³-hybridized carbons (Fsp3) is 0.348. The Morgan fingerprint density at radius 1 is 1.17 bits per heavy atom. The summed E-state index contributed by atoms with van der Waals surface area (Å²) in [4.78, 5) is 40.7. The Bertz CT molecular complexity index is 930. The molecule has 1 fully saturated rings. The van der Waals surface area contributed by atoms with Crippen molar-refractivity contribution in [1.29, 1.82) is 0 Å². The normalized spacial score (nSPS) is 16.4. The molecule has 158 valence electrons. The molecule has 2 aromatic rings. The summed E-state index contributed by atoms with van der Waals surface area (Å²) < 4.78 is 0. The molecule has 3 amide bonds. The van der Waals surface area contributed by atoms with E-state index in [0.717, 1.165) is 19.3 Å². The van der Waals surface area contributed by atoms with Crippen molar-refractivity contribution in [1.82, 2.24) is 4.90 Å². The van der Waals surface area contributed by atoms with Gasteiger partial charge in [0.2, 0.25) is 11.8 Å². The number of benzene rings is 2. The van der Waals surface area contributed by atoms with E-state index in [1.54, 1.807) is 36.2 Å². The van der Waals surface area contributed by atoms with E-state index in [2.05, 4.69) is 12.2 Å². The van der Waals surface area contributed by atoms with Crippen LogP contribution in [0.3, 0.4) is 0 Å². The van der Waals surface area contributed by atoms with E-state index in [-0.39, 0.29) is 30.7 Å². The van der Waals surface area contributed by atoms with Crippen LogP contribution in [0.2, 0.25) is 5.02 Å². The predicted molar refractivity (Wildman–Crippen MR) is 119 cm³/mol. The summed E-state index contributed by atoms with van der Waals surface area (Å²) in [5.74, 6) is -0.872. The highest BCUT2D eigenvalue weighted by Crippen LogP contribution is 2.26. The number of para-hydroxylation sites is 1. The van der Waals surface area contributed by atoms with E-state index in [0.29, 0.717) is 16.4 Å². The lowest BCUT2D eigenvalue weighted by molar-refractivity contribution is -0.123. The minimum absolute atomic E-state index is 0.0291. The van der Waals surface area contributed by atoms with E-state index in [4.69, 9.17) is 11.6 Å². The first-order valence-corrected chi connectivity index (χ1v) is 10.5. The number of nitrogens with one attached hydrogen (secondary N) is 1. The van der Waals surface area contributed by atoms with Gasteiger partial charge in [-0.2, -0.15) is 0 Å². The second kappa shape index (κ2) is 9.87. The number of aryl methyl sites for hydroxylation is 1. The summed E-state index contributed by atoms with van der Waals surface area (Å²) in [6.45, 7) is 2.11. The molecule has 1 N–H and O–H groups in total. The lowest BCUT2D eigenvalue weighted by atomic mass is 10.1. The first-order chi connectivity index (χ1) is 14.4. The number of halogens is 1. The Morgan fingerprint density at radius 2 is 1.87 bits per heavy atom. The van der Waals surface area contributed by atoms with E-state index in [9.17, 15) is 14.4 Å². The van der Waals surface area contributed by atoms with Crippen molar-refractivity contribution in [2.45, 2.75) is 38.6 Å². The molecular weight excluding hydrogens is 402 g/mol. The van der Waals surface area contributed by atoms with Gasteiger partial charge in [-0.1, -0.05) is 49.2 Å². The third-order valence-corrected chi connectivity index (χ3v) is 5.54. The molecule has 1 heterocycles. The molecule has 0 spiro atoms. The van der Waals surface area contributed by atoms with Gasteiger partial charge in [0.15, 0.2) is 0 Å². The van der Waals surface area contributed by atoms with Crippen molar-refractivity contribution in [3.63, 3.8) is 0 Å². The largest absolute Gasteiger partial charge is 0.324 e. The number of hydrogen-bond acceptors (Lipinski definition) is 4. The standard InChI is InChI=1S/C23H26ClN3O3/c1-3-4-7-16-10-12-17(13-11-16)27-22(29)14-20(23(27)30)26(2)15-21(28)25-19-9-6-5-8-18(19)24/h5-6,8-13,20H,3-4,7,14-15H2,1-2H3,(H,25,28). The van der Waals surface area contributed by atoms with Crippen molar-refractivity contribution in [3.05, 3.63) is 59.1 Å². The zero-order chi connectivity index (χ0) is 21.7. The Morgan fingerprint density at radius 3 is 2.53 bits per heavy atom. The molecule has 0 radical (unpaired) electrons. The number of likely N-dealkylation sites (N-methyl/N-ethyl adjacent to an activating group) is 1. The molecule has 7 heteroatoms. The Balaban J connectivity index is 1.63. The third kappa shape index (κ3) is 5.07. The molecule has 1 atom stereocenters. The molecule has 0 aromatic heterocycles. The van der Waals surface area contributed by atoms with Crippen LogP contribution < -0.4 is 10.2 Å². The van der Waals surface area contributed by atoms with Crippen LogP contribution in [0.25, 0.3) is 0 Å². The van der Waals surface area contributed by atoms with Crippen molar-refractivity contribution >= 4 is 40.7 Å². The number of hydrogen-bond donors (Lipinski definition) is 1. The van der Waals surface area contributed by atoms with Gasteiger partial charge in [-0.25, -0.2) is 4.90 Å². The molecule has 0 saturated carbocycles. The molecule has 0 aliphatic carbocycles. The van der Waals surface area contributed by atoms with Gasteiger partial charge < -0.3 is 5.32 Å². The van der Waals surface area contributed by atoms with Crippen LogP contribution in [0.15, 0.2) is 48.5 Å². The molecule has 1 saturated heterocycles. The van der Waals surface area contributed by atoms with Crippen molar-refractivity contribution in [3.8, 4) is 0 Å². The molecule has 6 nitrogen and oxygen atoms in total. The molecule has 2 aromatic carbocycles. The number of rotatable bonds is 8. The Kier molecular flexibility index (Phi) is 7.24. The molecule has 30 heavy (non-hydrogen) atoms.